The summed E-state index contributed by atoms with van der Waals surface area (Å²) < 4.78 is 1.06. The first kappa shape index (κ1) is 25.8. The molecule has 0 atom stereocenters. The highest BCUT2D eigenvalue weighted by atomic mass is 79.9. The van der Waals surface area contributed by atoms with E-state index < -0.39 is 0 Å². The Morgan fingerprint density at radius 3 is 1.56 bits per heavy atom. The van der Waals surface area contributed by atoms with Gasteiger partial charge < -0.3 is 0 Å². The number of rotatable bonds is 3. The van der Waals surface area contributed by atoms with Crippen LogP contribution in [-0.2, 0) is 0 Å². The largest absolute Gasteiger partial charge is 0.247 e. The lowest BCUT2D eigenvalue weighted by atomic mass is 9.85. The van der Waals surface area contributed by atoms with E-state index in [-0.39, 0.29) is 0 Å². The number of nitrogens with zero attached hydrogens (tertiary/aromatic N) is 2. The van der Waals surface area contributed by atoms with Gasteiger partial charge >= 0.3 is 0 Å². The van der Waals surface area contributed by atoms with Gasteiger partial charge in [-0.05, 0) is 71.1 Å². The number of para-hydroxylation sites is 1. The monoisotopic (exact) mass is 614 g/mol. The normalized spacial score (nSPS) is 11.6. The van der Waals surface area contributed by atoms with Crippen LogP contribution in [0.15, 0.2) is 132 Å². The van der Waals surface area contributed by atoms with Gasteiger partial charge in [0, 0.05) is 37.1 Å². The van der Waals surface area contributed by atoms with E-state index in [4.69, 9.17) is 9.97 Å². The molecule has 0 fully saturated rings. The molecule has 0 aliphatic carbocycles. The summed E-state index contributed by atoms with van der Waals surface area (Å²) in [5.41, 5.74) is 11.0. The Balaban J connectivity index is 1.59. The lowest BCUT2D eigenvalue weighted by molar-refractivity contribution is 1.39. The van der Waals surface area contributed by atoms with Crippen LogP contribution in [0.1, 0.15) is 11.1 Å². The minimum absolute atomic E-state index is 0.987. The third-order valence-corrected chi connectivity index (χ3v) is 9.12. The average Bonchev–Trinajstić information content (AvgIpc) is 3.06. The Bertz CT molecular complexity index is 2360. The van der Waals surface area contributed by atoms with Gasteiger partial charge in [-0.3, -0.25) is 0 Å². The Labute approximate surface area is 258 Å². The zero-order valence-electron chi connectivity index (χ0n) is 23.9. The molecule has 2 nitrogen and oxygen atoms in total. The van der Waals surface area contributed by atoms with E-state index in [1.165, 1.54) is 38.1 Å². The molecule has 3 heteroatoms. The van der Waals surface area contributed by atoms with Crippen molar-refractivity contribution in [3.63, 3.8) is 0 Å². The fraction of sp³-hybridized carbons (Fsp3) is 0.0500. The molecule has 8 rings (SSSR count). The molecule has 0 radical (unpaired) electrons. The van der Waals surface area contributed by atoms with Crippen LogP contribution in [0.5, 0.6) is 0 Å². The van der Waals surface area contributed by atoms with Crippen LogP contribution in [-0.4, -0.2) is 9.97 Å². The molecule has 2 aromatic heterocycles. The van der Waals surface area contributed by atoms with Crippen LogP contribution >= 0.6 is 15.9 Å². The van der Waals surface area contributed by atoms with E-state index in [2.05, 4.69) is 157 Å². The first-order chi connectivity index (χ1) is 21.1. The van der Waals surface area contributed by atoms with Crippen LogP contribution in [0.25, 0.3) is 77.0 Å². The third kappa shape index (κ3) is 4.15. The lowest BCUT2D eigenvalue weighted by Gasteiger charge is -2.21. The summed E-state index contributed by atoms with van der Waals surface area (Å²) in [6.45, 7) is 4.53. The van der Waals surface area contributed by atoms with E-state index in [9.17, 15) is 0 Å². The fourth-order valence-electron chi connectivity index (χ4n) is 6.69. The summed E-state index contributed by atoms with van der Waals surface area (Å²) in [6, 6.07) is 44.9. The van der Waals surface area contributed by atoms with Crippen molar-refractivity contribution in [2.24, 2.45) is 0 Å². The van der Waals surface area contributed by atoms with Crippen LogP contribution in [0.2, 0.25) is 0 Å². The van der Waals surface area contributed by atoms with Gasteiger partial charge in [0.15, 0.2) is 0 Å². The Hall–Kier alpha value is -4.86. The fourth-order valence-corrected chi connectivity index (χ4v) is 7.09. The van der Waals surface area contributed by atoms with Crippen LogP contribution in [0.4, 0.5) is 0 Å². The summed E-state index contributed by atoms with van der Waals surface area (Å²) in [7, 11) is 0. The van der Waals surface area contributed by atoms with E-state index >= 15 is 0 Å². The highest BCUT2D eigenvalue weighted by Crippen LogP contribution is 2.45. The van der Waals surface area contributed by atoms with Gasteiger partial charge in [0.1, 0.15) is 0 Å². The zero-order valence-corrected chi connectivity index (χ0v) is 25.5. The average molecular weight is 616 g/mol. The molecular weight excluding hydrogens is 588 g/mol. The number of hydrogen-bond acceptors (Lipinski definition) is 2. The van der Waals surface area contributed by atoms with Crippen molar-refractivity contribution in [2.45, 2.75) is 13.8 Å². The second-order valence-electron chi connectivity index (χ2n) is 11.2. The highest BCUT2D eigenvalue weighted by molar-refractivity contribution is 9.10. The van der Waals surface area contributed by atoms with E-state index in [0.717, 1.165) is 54.5 Å². The maximum atomic E-state index is 5.42. The second kappa shape index (κ2) is 10.1. The number of aromatic nitrogens is 2. The van der Waals surface area contributed by atoms with Gasteiger partial charge in [-0.2, -0.15) is 0 Å². The number of halogens is 1. The predicted octanol–water partition coefficient (Wildman–Crippen LogP) is 11.5. The molecule has 43 heavy (non-hydrogen) atoms. The summed E-state index contributed by atoms with van der Waals surface area (Å²) in [4.78, 5) is 10.7. The summed E-state index contributed by atoms with van der Waals surface area (Å²) in [5.74, 6) is 0. The van der Waals surface area contributed by atoms with Crippen molar-refractivity contribution in [3.05, 3.63) is 143 Å². The van der Waals surface area contributed by atoms with Gasteiger partial charge in [-0.25, -0.2) is 9.97 Å². The third-order valence-electron chi connectivity index (χ3n) is 8.63. The summed E-state index contributed by atoms with van der Waals surface area (Å²) >= 11 is 3.65. The van der Waals surface area contributed by atoms with Crippen LogP contribution in [0.3, 0.4) is 0 Å². The van der Waals surface area contributed by atoms with E-state index in [1.54, 1.807) is 0 Å². The number of aryl methyl sites for hydroxylation is 2. The first-order valence-electron chi connectivity index (χ1n) is 14.5. The standard InChI is InChI=1S/C40H27BrN2/c1-24-35-31-18-9-10-19-33(31)42-39(26-12-5-3-6-13-26)37(35)25(2)36-32-21-20-29(28-16-11-17-30(41)22-28)23-34(32)43-40(38(24)36)27-14-7-4-8-15-27/h3-23H,1-2H3. The molecule has 6 aromatic carbocycles. The molecule has 8 aromatic rings. The number of benzene rings is 6. The summed E-state index contributed by atoms with van der Waals surface area (Å²) in [5, 5.41) is 7.22. The molecule has 0 N–H and O–H groups in total. The van der Waals surface area contributed by atoms with Crippen LogP contribution < -0.4 is 0 Å². The summed E-state index contributed by atoms with van der Waals surface area (Å²) in [6.07, 6.45) is 0. The molecule has 0 saturated heterocycles. The molecule has 0 spiro atoms. The molecule has 0 bridgehead atoms. The van der Waals surface area contributed by atoms with E-state index in [0.29, 0.717) is 0 Å². The molecule has 0 amide bonds. The number of hydrogen-bond donors (Lipinski definition) is 0. The smallest absolute Gasteiger partial charge is 0.0791 e. The molecule has 0 unspecified atom stereocenters. The number of fused-ring (bicyclic) bond motifs is 6. The quantitative estimate of drug-likeness (QED) is 0.146. The molecule has 0 aliphatic rings. The molecule has 0 saturated carbocycles. The van der Waals surface area contributed by atoms with Crippen molar-refractivity contribution >= 4 is 59.3 Å². The van der Waals surface area contributed by atoms with Crippen LogP contribution in [0, 0.1) is 13.8 Å². The molecule has 2 heterocycles. The minimum Gasteiger partial charge on any atom is -0.247 e. The van der Waals surface area contributed by atoms with Gasteiger partial charge in [0.2, 0.25) is 0 Å². The van der Waals surface area contributed by atoms with Crippen molar-refractivity contribution in [2.75, 3.05) is 0 Å². The van der Waals surface area contributed by atoms with Gasteiger partial charge in [-0.1, -0.05) is 119 Å². The first-order valence-corrected chi connectivity index (χ1v) is 15.3. The predicted molar refractivity (Wildman–Crippen MR) is 186 cm³/mol. The zero-order chi connectivity index (χ0) is 29.1. The van der Waals surface area contributed by atoms with Gasteiger partial charge in [0.05, 0.1) is 22.4 Å². The molecule has 0 aliphatic heterocycles. The molecule has 204 valence electrons. The van der Waals surface area contributed by atoms with Crippen molar-refractivity contribution in [1.82, 2.24) is 9.97 Å². The molecular formula is C40H27BrN2. The van der Waals surface area contributed by atoms with Gasteiger partial charge in [-0.15, -0.1) is 0 Å². The topological polar surface area (TPSA) is 25.8 Å². The SMILES string of the molecule is Cc1c2c(-c3ccccc3)nc3cc(-c4cccc(Br)c4)ccc3c2c(C)c2c(-c3ccccc3)nc3ccccc3c12. The Kier molecular flexibility index (Phi) is 6.09. The Morgan fingerprint density at radius 2 is 0.930 bits per heavy atom. The minimum atomic E-state index is 0.987. The lowest BCUT2D eigenvalue weighted by Crippen LogP contribution is -1.99. The highest BCUT2D eigenvalue weighted by Gasteiger charge is 2.22. The second-order valence-corrected chi connectivity index (χ2v) is 12.1. The number of pyridine rings is 2. The van der Waals surface area contributed by atoms with Crippen molar-refractivity contribution in [1.29, 1.82) is 0 Å². The maximum absolute atomic E-state index is 5.42. The van der Waals surface area contributed by atoms with Gasteiger partial charge in [0.25, 0.3) is 0 Å². The van der Waals surface area contributed by atoms with Crippen molar-refractivity contribution < 1.29 is 0 Å². The van der Waals surface area contributed by atoms with E-state index in [1.807, 2.05) is 0 Å². The maximum Gasteiger partial charge on any atom is 0.0791 e. The Morgan fingerprint density at radius 1 is 0.419 bits per heavy atom. The van der Waals surface area contributed by atoms with Crippen molar-refractivity contribution in [3.8, 4) is 33.6 Å².